The molecule has 2 N–H and O–H groups in total. The first-order valence-electron chi connectivity index (χ1n) is 3.74. The number of nitrogens with one attached hydrogen (secondary N) is 2. The van der Waals surface area contributed by atoms with Gasteiger partial charge in [0.25, 0.3) is 0 Å². The summed E-state index contributed by atoms with van der Waals surface area (Å²) in [5.74, 6) is 0.519. The SMILES string of the molecule is [NH-]c1ccncn1.[NH-]c1ccncn1.[Na+].[Na+]. The van der Waals surface area contributed by atoms with Crippen LogP contribution < -0.4 is 59.1 Å². The van der Waals surface area contributed by atoms with Gasteiger partial charge < -0.3 is 21.4 Å². The number of hydrogen-bond donors (Lipinski definition) is 0. The zero-order chi connectivity index (χ0) is 10.2. The molecule has 0 aliphatic rings. The molecular formula is C8H8N6Na2. The Hall–Kier alpha value is -0.240. The van der Waals surface area contributed by atoms with Crippen LogP contribution in [-0.4, -0.2) is 19.9 Å². The molecule has 2 aromatic heterocycles. The molecule has 0 amide bonds. The van der Waals surface area contributed by atoms with Gasteiger partial charge in [0.05, 0.1) is 0 Å². The molecule has 0 radical (unpaired) electrons. The molecule has 0 aromatic carbocycles. The smallest absolute Gasteiger partial charge is 0.482 e. The quantitative estimate of drug-likeness (QED) is 0.438. The first kappa shape index (κ1) is 18.1. The predicted octanol–water partition coefficient (Wildman–Crippen LogP) is -3.67. The number of nitrogens with zero attached hydrogens (tertiary/aromatic N) is 4. The zero-order valence-electron chi connectivity index (χ0n) is 9.25. The van der Waals surface area contributed by atoms with E-state index in [0.29, 0.717) is 0 Å². The fourth-order valence-corrected chi connectivity index (χ4v) is 0.581. The largest absolute Gasteiger partial charge is 1.00 e. The third-order valence-electron chi connectivity index (χ3n) is 1.16. The van der Waals surface area contributed by atoms with Gasteiger partial charge in [-0.05, 0) is 12.1 Å². The first-order chi connectivity index (χ1) is 6.79. The minimum atomic E-state index is 0. The zero-order valence-corrected chi connectivity index (χ0v) is 13.3. The summed E-state index contributed by atoms with van der Waals surface area (Å²) >= 11 is 0. The molecule has 8 heteroatoms. The summed E-state index contributed by atoms with van der Waals surface area (Å²) in [6.07, 6.45) is 5.77. The average molecular weight is 234 g/mol. The summed E-state index contributed by atoms with van der Waals surface area (Å²) in [6, 6.07) is 3.06. The van der Waals surface area contributed by atoms with E-state index in [4.69, 9.17) is 11.5 Å². The molecule has 0 fully saturated rings. The van der Waals surface area contributed by atoms with Gasteiger partial charge in [-0.3, -0.25) is 9.97 Å². The van der Waals surface area contributed by atoms with Crippen molar-refractivity contribution in [2.24, 2.45) is 0 Å². The summed E-state index contributed by atoms with van der Waals surface area (Å²) in [5, 5.41) is 0. The molecule has 0 bridgehead atoms. The minimum absolute atomic E-state index is 0. The summed E-state index contributed by atoms with van der Waals surface area (Å²) in [6.45, 7) is 0. The Morgan fingerprint density at radius 2 is 1.12 bits per heavy atom. The number of rotatable bonds is 0. The van der Waals surface area contributed by atoms with Gasteiger partial charge in [0.15, 0.2) is 0 Å². The monoisotopic (exact) mass is 234 g/mol. The van der Waals surface area contributed by atoms with Crippen LogP contribution in [-0.2, 0) is 0 Å². The molecule has 0 atom stereocenters. The van der Waals surface area contributed by atoms with E-state index < -0.39 is 0 Å². The predicted molar refractivity (Wildman–Crippen MR) is 52.0 cm³/mol. The topological polar surface area (TPSA) is 99.2 Å². The van der Waals surface area contributed by atoms with E-state index in [2.05, 4.69) is 19.9 Å². The van der Waals surface area contributed by atoms with E-state index in [9.17, 15) is 0 Å². The van der Waals surface area contributed by atoms with Crippen molar-refractivity contribution in [3.8, 4) is 0 Å². The van der Waals surface area contributed by atoms with E-state index >= 15 is 0 Å². The summed E-state index contributed by atoms with van der Waals surface area (Å²) in [4.78, 5) is 14.3. The van der Waals surface area contributed by atoms with Crippen molar-refractivity contribution in [2.75, 3.05) is 0 Å². The standard InChI is InChI=1S/2C4H4N3.2Na/c2*5-4-1-2-6-3-7-4;;/h2*1-3H,(H-,5,6,7);;/q2*-1;2*+1. The Morgan fingerprint density at radius 1 is 0.750 bits per heavy atom. The third-order valence-corrected chi connectivity index (χ3v) is 1.16. The molecule has 0 aliphatic carbocycles. The Labute approximate surface area is 138 Å². The third kappa shape index (κ3) is 9.02. The minimum Gasteiger partial charge on any atom is -0.482 e. The van der Waals surface area contributed by atoms with Gasteiger partial charge in [0, 0.05) is 25.0 Å². The van der Waals surface area contributed by atoms with Gasteiger partial charge in [-0.15, -0.1) is 0 Å². The Morgan fingerprint density at radius 3 is 1.25 bits per heavy atom. The second kappa shape index (κ2) is 11.3. The van der Waals surface area contributed by atoms with Crippen molar-refractivity contribution in [3.05, 3.63) is 48.6 Å². The Balaban J connectivity index is 0. The first-order valence-corrected chi connectivity index (χ1v) is 3.74. The van der Waals surface area contributed by atoms with Crippen LogP contribution >= 0.6 is 0 Å². The van der Waals surface area contributed by atoms with Crippen LogP contribution in [0, 0.1) is 0 Å². The van der Waals surface area contributed by atoms with Crippen molar-refractivity contribution in [2.45, 2.75) is 0 Å². The summed E-state index contributed by atoms with van der Waals surface area (Å²) < 4.78 is 0. The molecule has 6 nitrogen and oxygen atoms in total. The molecule has 2 heterocycles. The maximum atomic E-state index is 6.84. The fraction of sp³-hybridized carbons (Fsp3) is 0. The molecule has 0 unspecified atom stereocenters. The second-order valence-electron chi connectivity index (χ2n) is 2.19. The van der Waals surface area contributed by atoms with Crippen LogP contribution in [0.15, 0.2) is 37.2 Å². The van der Waals surface area contributed by atoms with Gasteiger partial charge >= 0.3 is 59.1 Å². The maximum Gasteiger partial charge on any atom is 1.00 e. The van der Waals surface area contributed by atoms with Crippen LogP contribution in [0.3, 0.4) is 0 Å². The molecule has 0 saturated carbocycles. The molecule has 0 spiro atoms. The Bertz CT molecular complexity index is 320. The molecule has 72 valence electrons. The van der Waals surface area contributed by atoms with Crippen molar-refractivity contribution in [3.63, 3.8) is 0 Å². The van der Waals surface area contributed by atoms with E-state index in [1.807, 2.05) is 0 Å². The van der Waals surface area contributed by atoms with E-state index in [1.54, 1.807) is 0 Å². The number of hydrogen-bond acceptors (Lipinski definition) is 4. The maximum absolute atomic E-state index is 6.84. The Kier molecular flexibility index (Phi) is 12.8. The van der Waals surface area contributed by atoms with Crippen molar-refractivity contribution in [1.82, 2.24) is 19.9 Å². The van der Waals surface area contributed by atoms with Crippen LogP contribution in [0.2, 0.25) is 0 Å². The van der Waals surface area contributed by atoms with E-state index in [0.717, 1.165) is 0 Å². The summed E-state index contributed by atoms with van der Waals surface area (Å²) in [7, 11) is 0. The second-order valence-corrected chi connectivity index (χ2v) is 2.19. The molecular weight excluding hydrogens is 226 g/mol. The van der Waals surface area contributed by atoms with Gasteiger partial charge in [0.2, 0.25) is 0 Å². The van der Waals surface area contributed by atoms with E-state index in [1.165, 1.54) is 37.2 Å². The van der Waals surface area contributed by atoms with Crippen LogP contribution in [0.25, 0.3) is 11.5 Å². The normalized spacial score (nSPS) is 7.50. The van der Waals surface area contributed by atoms with Crippen molar-refractivity contribution >= 4 is 11.6 Å². The van der Waals surface area contributed by atoms with Crippen molar-refractivity contribution in [1.29, 1.82) is 0 Å². The molecule has 0 saturated heterocycles. The van der Waals surface area contributed by atoms with Crippen LogP contribution in [0.1, 0.15) is 0 Å². The fourth-order valence-electron chi connectivity index (χ4n) is 0.581. The van der Waals surface area contributed by atoms with Gasteiger partial charge in [-0.2, -0.15) is 0 Å². The van der Waals surface area contributed by atoms with Crippen LogP contribution in [0.4, 0.5) is 11.6 Å². The number of aromatic nitrogens is 4. The molecule has 16 heavy (non-hydrogen) atoms. The van der Waals surface area contributed by atoms with Gasteiger partial charge in [0.1, 0.15) is 0 Å². The molecule has 2 rings (SSSR count). The molecule has 0 aliphatic heterocycles. The molecule has 2 aromatic rings. The summed E-state index contributed by atoms with van der Waals surface area (Å²) in [5.41, 5.74) is 13.7. The van der Waals surface area contributed by atoms with Crippen LogP contribution in [0.5, 0.6) is 0 Å². The van der Waals surface area contributed by atoms with Gasteiger partial charge in [-0.25, -0.2) is 0 Å². The van der Waals surface area contributed by atoms with Gasteiger partial charge in [-0.1, -0.05) is 11.6 Å². The average Bonchev–Trinajstić information content (AvgIpc) is 2.21. The van der Waals surface area contributed by atoms with E-state index in [-0.39, 0.29) is 70.8 Å². The van der Waals surface area contributed by atoms with Crippen molar-refractivity contribution < 1.29 is 59.1 Å².